The molecule has 78 valence electrons. The molecule has 0 heterocycles. The van der Waals surface area contributed by atoms with E-state index in [4.69, 9.17) is 25.5 Å². The van der Waals surface area contributed by atoms with Crippen molar-refractivity contribution in [3.8, 4) is 0 Å². The highest BCUT2D eigenvalue weighted by Gasteiger charge is 2.32. The van der Waals surface area contributed by atoms with Crippen molar-refractivity contribution >= 4 is 15.5 Å². The predicted molar refractivity (Wildman–Crippen MR) is 45.8 cm³/mol. The molecule has 0 aliphatic rings. The third-order valence-corrected chi connectivity index (χ3v) is 1.93. The molecule has 0 bridgehead atoms. The number of aliphatic hydroxyl groups is 5. The summed E-state index contributed by atoms with van der Waals surface area (Å²) in [4.78, 5) is 9.97. The Labute approximate surface area is 77.0 Å². The van der Waals surface area contributed by atoms with Crippen LogP contribution in [0.5, 0.6) is 0 Å². The zero-order chi connectivity index (χ0) is 10.6. The average Bonchev–Trinajstić information content (AvgIpc) is 2.12. The summed E-state index contributed by atoms with van der Waals surface area (Å²) >= 11 is 0. The maximum atomic E-state index is 9.97. The van der Waals surface area contributed by atoms with E-state index in [-0.39, 0.29) is 6.29 Å². The smallest absolute Gasteiger partial charge is 0.151 e. The Kier molecular flexibility index (Phi) is 5.55. The Morgan fingerprint density at radius 3 is 1.69 bits per heavy atom. The third kappa shape index (κ3) is 3.64. The van der Waals surface area contributed by atoms with Crippen LogP contribution in [0.4, 0.5) is 0 Å². The molecule has 0 aliphatic heterocycles. The summed E-state index contributed by atoms with van der Waals surface area (Å²) in [6.07, 6.45) is -7.01. The third-order valence-electron chi connectivity index (χ3n) is 1.54. The van der Waals surface area contributed by atoms with Crippen molar-refractivity contribution in [2.45, 2.75) is 30.3 Å². The first-order valence-corrected chi connectivity index (χ1v) is 4.19. The molecule has 13 heavy (non-hydrogen) atoms. The summed E-state index contributed by atoms with van der Waals surface area (Å²) in [6, 6.07) is 0. The van der Waals surface area contributed by atoms with Gasteiger partial charge in [0.2, 0.25) is 0 Å². The molecular weight excluding hydrogens is 199 g/mol. The Bertz CT molecular complexity index is 163. The number of hydrogen-bond acceptors (Lipinski definition) is 6. The van der Waals surface area contributed by atoms with E-state index in [0.29, 0.717) is 0 Å². The molecule has 0 amide bonds. The van der Waals surface area contributed by atoms with Crippen molar-refractivity contribution in [3.63, 3.8) is 0 Å². The van der Waals surface area contributed by atoms with E-state index >= 15 is 0 Å². The molecule has 0 saturated heterocycles. The van der Waals surface area contributed by atoms with Crippen LogP contribution in [-0.2, 0) is 4.79 Å². The highest BCUT2D eigenvalue weighted by atomic mass is 31.0. The van der Waals surface area contributed by atoms with Gasteiger partial charge < -0.3 is 30.3 Å². The average molecular weight is 212 g/mol. The van der Waals surface area contributed by atoms with E-state index in [0.717, 1.165) is 0 Å². The number of carbonyl (C=O) groups is 1. The highest BCUT2D eigenvalue weighted by Crippen LogP contribution is 2.11. The van der Waals surface area contributed by atoms with Crippen molar-refractivity contribution in [1.29, 1.82) is 0 Å². The van der Waals surface area contributed by atoms with Crippen LogP contribution < -0.4 is 0 Å². The fourth-order valence-corrected chi connectivity index (χ4v) is 0.914. The second kappa shape index (κ2) is 5.59. The minimum Gasteiger partial charge on any atom is -0.387 e. The quantitative estimate of drug-likeness (QED) is 0.242. The second-order valence-corrected chi connectivity index (χ2v) is 3.27. The van der Waals surface area contributed by atoms with Gasteiger partial charge in [0.15, 0.2) is 6.29 Å². The fourth-order valence-electron chi connectivity index (χ4n) is 0.687. The van der Waals surface area contributed by atoms with Gasteiger partial charge in [-0.25, -0.2) is 0 Å². The molecule has 0 aromatic heterocycles. The van der Waals surface area contributed by atoms with Gasteiger partial charge in [0.05, 0.1) is 5.85 Å². The lowest BCUT2D eigenvalue weighted by molar-refractivity contribution is -0.138. The molecule has 0 aliphatic carbocycles. The Morgan fingerprint density at radius 1 is 0.923 bits per heavy atom. The van der Waals surface area contributed by atoms with Crippen LogP contribution in [0, 0.1) is 0 Å². The van der Waals surface area contributed by atoms with Crippen molar-refractivity contribution in [2.75, 3.05) is 0 Å². The number of hydrogen-bond donors (Lipinski definition) is 5. The molecule has 5 N–H and O–H groups in total. The maximum absolute atomic E-state index is 9.97. The monoisotopic (exact) mass is 212 g/mol. The van der Waals surface area contributed by atoms with Crippen LogP contribution in [-0.4, -0.2) is 62.1 Å². The van der Waals surface area contributed by atoms with E-state index in [1.54, 1.807) is 9.24 Å². The van der Waals surface area contributed by atoms with Crippen LogP contribution in [0.25, 0.3) is 0 Å². The van der Waals surface area contributed by atoms with Crippen LogP contribution in [0.15, 0.2) is 0 Å². The first kappa shape index (κ1) is 12.9. The topological polar surface area (TPSA) is 118 Å². The lowest BCUT2D eigenvalue weighted by atomic mass is 10.0. The van der Waals surface area contributed by atoms with Crippen LogP contribution in [0.2, 0.25) is 0 Å². The Balaban J connectivity index is 4.23. The fraction of sp³-hybridized carbons (Fsp3) is 0.833. The summed E-state index contributed by atoms with van der Waals surface area (Å²) in [5, 5.41) is 44.6. The molecule has 6 atom stereocenters. The molecule has 0 saturated carbocycles. The number of carbonyl (C=O) groups excluding carboxylic acids is 1. The van der Waals surface area contributed by atoms with Gasteiger partial charge >= 0.3 is 0 Å². The number of aldehydes is 1. The summed E-state index contributed by atoms with van der Waals surface area (Å²) in [5.41, 5.74) is 0. The predicted octanol–water partition coefficient (Wildman–Crippen LogP) is -3.18. The van der Waals surface area contributed by atoms with Crippen LogP contribution in [0.1, 0.15) is 0 Å². The largest absolute Gasteiger partial charge is 0.387 e. The molecule has 0 aromatic rings. The van der Waals surface area contributed by atoms with E-state index in [9.17, 15) is 4.79 Å². The van der Waals surface area contributed by atoms with Gasteiger partial charge in [-0.2, -0.15) is 0 Å². The van der Waals surface area contributed by atoms with Gasteiger partial charge in [0, 0.05) is 0 Å². The normalized spacial score (nSPS) is 22.9. The Hall–Kier alpha value is -0.1000. The van der Waals surface area contributed by atoms with E-state index in [1.807, 2.05) is 0 Å². The molecule has 6 nitrogen and oxygen atoms in total. The van der Waals surface area contributed by atoms with Crippen molar-refractivity contribution in [1.82, 2.24) is 0 Å². The SMILES string of the molecule is O=C[C@H](O)[C@@H](O)[C@H](O)[C@H](O)C(O)P. The molecule has 2 unspecified atom stereocenters. The van der Waals surface area contributed by atoms with Gasteiger partial charge in [-0.15, -0.1) is 9.24 Å². The zero-order valence-electron chi connectivity index (χ0n) is 6.69. The van der Waals surface area contributed by atoms with Crippen LogP contribution in [0.3, 0.4) is 0 Å². The maximum Gasteiger partial charge on any atom is 0.151 e. The Morgan fingerprint density at radius 2 is 1.38 bits per heavy atom. The minimum atomic E-state index is -1.82. The molecule has 7 heteroatoms. The van der Waals surface area contributed by atoms with Gasteiger partial charge in [0.1, 0.15) is 24.4 Å². The lowest BCUT2D eigenvalue weighted by Gasteiger charge is -2.25. The van der Waals surface area contributed by atoms with Crippen molar-refractivity contribution in [2.24, 2.45) is 0 Å². The highest BCUT2D eigenvalue weighted by molar-refractivity contribution is 7.17. The standard InChI is InChI=1S/C6H13O6P/c7-1-2(8)3(9)4(10)5(11)6(12)13/h1-6,8-12H,13H2/t2-,3+,4-,5-,6?/m0/s1. The summed E-state index contributed by atoms with van der Waals surface area (Å²) in [7, 11) is 1.80. The second-order valence-electron chi connectivity index (χ2n) is 2.59. The minimum absolute atomic E-state index is 0.0236. The molecule has 0 radical (unpaired) electrons. The molecule has 0 aromatic carbocycles. The number of rotatable bonds is 5. The van der Waals surface area contributed by atoms with Gasteiger partial charge in [-0.1, -0.05) is 0 Å². The van der Waals surface area contributed by atoms with Crippen molar-refractivity contribution in [3.05, 3.63) is 0 Å². The lowest BCUT2D eigenvalue weighted by Crippen LogP contribution is -2.48. The summed E-state index contributed by atoms with van der Waals surface area (Å²) in [6.45, 7) is 0. The van der Waals surface area contributed by atoms with Gasteiger partial charge in [0.25, 0.3) is 0 Å². The van der Waals surface area contributed by atoms with E-state index < -0.39 is 30.3 Å². The van der Waals surface area contributed by atoms with E-state index in [2.05, 4.69) is 0 Å². The first-order chi connectivity index (χ1) is 5.91. The van der Waals surface area contributed by atoms with Gasteiger partial charge in [-0.05, 0) is 0 Å². The summed E-state index contributed by atoms with van der Waals surface area (Å²) < 4.78 is 0. The zero-order valence-corrected chi connectivity index (χ0v) is 7.84. The first-order valence-electron chi connectivity index (χ1n) is 3.53. The summed E-state index contributed by atoms with van der Waals surface area (Å²) in [5.74, 6) is -1.34. The van der Waals surface area contributed by atoms with Crippen molar-refractivity contribution < 1.29 is 30.3 Å². The molecular formula is C6H13O6P. The molecule has 0 spiro atoms. The molecule has 0 fully saturated rings. The van der Waals surface area contributed by atoms with Gasteiger partial charge in [-0.3, -0.25) is 0 Å². The number of aliphatic hydroxyl groups excluding tert-OH is 5. The molecule has 0 rings (SSSR count). The van der Waals surface area contributed by atoms with E-state index in [1.165, 1.54) is 0 Å². The van der Waals surface area contributed by atoms with Crippen LogP contribution >= 0.6 is 9.24 Å².